The smallest absolute Gasteiger partial charge is 0.338 e. The van der Waals surface area contributed by atoms with Crippen molar-refractivity contribution >= 4 is 30.8 Å². The van der Waals surface area contributed by atoms with Crippen LogP contribution in [0.15, 0.2) is 93.2 Å². The highest BCUT2D eigenvalue weighted by atomic mass is 17.2. The van der Waals surface area contributed by atoms with E-state index in [-0.39, 0.29) is 25.6 Å². The van der Waals surface area contributed by atoms with Crippen molar-refractivity contribution in [1.29, 1.82) is 0 Å². The Morgan fingerprint density at radius 3 is 1.58 bits per heavy atom. The minimum Gasteiger partial charge on any atom is -0.507 e. The third-order valence-corrected chi connectivity index (χ3v) is 8.75. The molecular formula is C40H40N4O8. The third-order valence-electron chi connectivity index (χ3n) is 8.75. The molecule has 4 aromatic rings. The summed E-state index contributed by atoms with van der Waals surface area (Å²) in [4.78, 5) is 24.1. The molecule has 52 heavy (non-hydrogen) atoms. The highest BCUT2D eigenvalue weighted by Crippen LogP contribution is 2.31. The SMILES string of the molecule is Cc1cc(C=NN=Cc2ccc(COO[C@@H]3COC4C(OC(=O)c5ccc(C=NN=Cc6cc(C)c(O)c(C)c6)cc5)COC43)cc2)cc(C)c1O. The number of hydrogen-bond donors (Lipinski definition) is 2. The van der Waals surface area contributed by atoms with Gasteiger partial charge in [0, 0.05) is 0 Å². The maximum absolute atomic E-state index is 12.9. The van der Waals surface area contributed by atoms with Crippen molar-refractivity contribution < 1.29 is 39.0 Å². The van der Waals surface area contributed by atoms with E-state index in [2.05, 4.69) is 20.4 Å². The minimum atomic E-state index is -0.582. The molecule has 0 spiro atoms. The first kappa shape index (κ1) is 36.3. The first-order valence-electron chi connectivity index (χ1n) is 16.8. The molecule has 268 valence electrons. The van der Waals surface area contributed by atoms with Gasteiger partial charge in [-0.1, -0.05) is 36.4 Å². The zero-order chi connectivity index (χ0) is 36.6. The van der Waals surface area contributed by atoms with Crippen molar-refractivity contribution in [3.05, 3.63) is 128 Å². The molecule has 0 aromatic heterocycles. The molecule has 0 bridgehead atoms. The van der Waals surface area contributed by atoms with Crippen LogP contribution in [-0.2, 0) is 30.6 Å². The molecule has 2 saturated heterocycles. The number of hydrogen-bond acceptors (Lipinski definition) is 12. The Bertz CT molecular complexity index is 1960. The van der Waals surface area contributed by atoms with Crippen molar-refractivity contribution in [2.45, 2.75) is 58.7 Å². The average molecular weight is 705 g/mol. The molecule has 2 N–H and O–H groups in total. The van der Waals surface area contributed by atoms with Gasteiger partial charge in [0.25, 0.3) is 0 Å². The van der Waals surface area contributed by atoms with Crippen LogP contribution in [0.3, 0.4) is 0 Å². The molecule has 3 unspecified atom stereocenters. The van der Waals surface area contributed by atoms with Crippen LogP contribution in [0, 0.1) is 27.7 Å². The van der Waals surface area contributed by atoms with Crippen LogP contribution < -0.4 is 0 Å². The lowest BCUT2D eigenvalue weighted by atomic mass is 10.1. The van der Waals surface area contributed by atoms with Gasteiger partial charge in [0.05, 0.1) is 43.6 Å². The molecule has 0 aliphatic carbocycles. The Morgan fingerprint density at radius 1 is 0.654 bits per heavy atom. The molecule has 0 radical (unpaired) electrons. The number of phenols is 2. The monoisotopic (exact) mass is 704 g/mol. The van der Waals surface area contributed by atoms with Crippen LogP contribution >= 0.6 is 0 Å². The fourth-order valence-corrected chi connectivity index (χ4v) is 5.94. The molecule has 0 saturated carbocycles. The summed E-state index contributed by atoms with van der Waals surface area (Å²) in [7, 11) is 0. The van der Waals surface area contributed by atoms with Crippen LogP contribution in [0.25, 0.3) is 0 Å². The van der Waals surface area contributed by atoms with E-state index >= 15 is 0 Å². The summed E-state index contributed by atoms with van der Waals surface area (Å²) in [5, 5.41) is 36.2. The molecule has 2 aliphatic heterocycles. The van der Waals surface area contributed by atoms with E-state index in [4.69, 9.17) is 24.0 Å². The number of esters is 1. The standard InChI is InChI=1S/C40H40N4O8/c1-24-13-31(14-25(2)36(24)45)19-43-41-17-28-5-7-30(8-6-28)21-50-52-35-23-49-38-34(22-48-39(35)38)51-40(47)33-11-9-29(10-12-33)18-42-44-20-32-15-26(3)37(46)27(4)16-32/h5-20,34-35,38-39,45-46H,21-23H2,1-4H3/t34?,35-,38?,39?/m1/s1. The van der Waals surface area contributed by atoms with Crippen molar-refractivity contribution in [2.75, 3.05) is 13.2 Å². The summed E-state index contributed by atoms with van der Waals surface area (Å²) in [6.45, 7) is 7.99. The Hall–Kier alpha value is -5.53. The normalized spacial score (nSPS) is 20.2. The van der Waals surface area contributed by atoms with Gasteiger partial charge < -0.3 is 24.4 Å². The van der Waals surface area contributed by atoms with Gasteiger partial charge in [0.2, 0.25) is 0 Å². The van der Waals surface area contributed by atoms with Crippen LogP contribution in [-0.4, -0.2) is 78.7 Å². The highest BCUT2D eigenvalue weighted by molar-refractivity contribution is 5.91. The lowest BCUT2D eigenvalue weighted by Crippen LogP contribution is -2.35. The van der Waals surface area contributed by atoms with E-state index in [9.17, 15) is 15.0 Å². The number of rotatable bonds is 12. The predicted octanol–water partition coefficient (Wildman–Crippen LogP) is 6.08. The van der Waals surface area contributed by atoms with E-state index in [0.717, 1.165) is 50.1 Å². The van der Waals surface area contributed by atoms with Crippen LogP contribution in [0.5, 0.6) is 11.5 Å². The zero-order valence-electron chi connectivity index (χ0n) is 29.3. The zero-order valence-corrected chi connectivity index (χ0v) is 29.3. The molecule has 2 heterocycles. The van der Waals surface area contributed by atoms with Gasteiger partial charge in [-0.3, -0.25) is 0 Å². The quantitative estimate of drug-likeness (QED) is 0.0780. The van der Waals surface area contributed by atoms with Crippen LogP contribution in [0.2, 0.25) is 0 Å². The number of carbonyl (C=O) groups is 1. The second-order valence-corrected chi connectivity index (χ2v) is 12.8. The Kier molecular flexibility index (Phi) is 11.6. The van der Waals surface area contributed by atoms with E-state index < -0.39 is 30.4 Å². The second kappa shape index (κ2) is 16.7. The summed E-state index contributed by atoms with van der Waals surface area (Å²) in [5.74, 6) is 0.0809. The molecule has 12 heteroatoms. The van der Waals surface area contributed by atoms with Crippen molar-refractivity contribution in [2.24, 2.45) is 20.4 Å². The van der Waals surface area contributed by atoms with Gasteiger partial charge in [-0.25, -0.2) is 14.6 Å². The number of ether oxygens (including phenoxy) is 3. The lowest BCUT2D eigenvalue weighted by Gasteiger charge is -2.17. The van der Waals surface area contributed by atoms with Crippen molar-refractivity contribution in [1.82, 2.24) is 0 Å². The van der Waals surface area contributed by atoms with E-state index in [1.807, 2.05) is 76.2 Å². The number of aryl methyl sites for hydroxylation is 4. The van der Waals surface area contributed by atoms with E-state index in [1.165, 1.54) is 0 Å². The largest absolute Gasteiger partial charge is 0.507 e. The molecule has 2 aliphatic rings. The van der Waals surface area contributed by atoms with Gasteiger partial charge in [0.1, 0.15) is 36.4 Å². The lowest BCUT2D eigenvalue weighted by molar-refractivity contribution is -0.341. The van der Waals surface area contributed by atoms with Crippen LogP contribution in [0.1, 0.15) is 60.4 Å². The van der Waals surface area contributed by atoms with Gasteiger partial charge in [-0.2, -0.15) is 20.4 Å². The number of phenolic OH excluding ortho intramolecular Hbond substituents is 2. The molecule has 4 aromatic carbocycles. The first-order valence-corrected chi connectivity index (χ1v) is 16.8. The summed E-state index contributed by atoms with van der Waals surface area (Å²) in [5.41, 5.74) is 7.73. The first-order chi connectivity index (χ1) is 25.1. The molecule has 2 fully saturated rings. The third kappa shape index (κ3) is 9.03. The van der Waals surface area contributed by atoms with Crippen LogP contribution in [0.4, 0.5) is 0 Å². The summed E-state index contributed by atoms with van der Waals surface area (Å²) >= 11 is 0. The van der Waals surface area contributed by atoms with Gasteiger partial charge >= 0.3 is 5.97 Å². The predicted molar refractivity (Wildman–Crippen MR) is 197 cm³/mol. The Balaban J connectivity index is 0.918. The van der Waals surface area contributed by atoms with Gasteiger partial charge in [0.15, 0.2) is 6.10 Å². The number of nitrogens with zero attached hydrogens (tertiary/aromatic N) is 4. The molecule has 4 atom stereocenters. The fraction of sp³-hybridized carbons (Fsp3) is 0.275. The fourth-order valence-electron chi connectivity index (χ4n) is 5.94. The summed E-state index contributed by atoms with van der Waals surface area (Å²) in [6.07, 6.45) is 4.54. The molecule has 12 nitrogen and oxygen atoms in total. The molecule has 6 rings (SSSR count). The van der Waals surface area contributed by atoms with Crippen molar-refractivity contribution in [3.8, 4) is 11.5 Å². The minimum absolute atomic E-state index is 0.186. The van der Waals surface area contributed by atoms with E-state index in [0.29, 0.717) is 11.3 Å². The number of fused-ring (bicyclic) bond motifs is 1. The number of aromatic hydroxyl groups is 2. The summed E-state index contributed by atoms with van der Waals surface area (Å²) < 4.78 is 17.5. The number of benzene rings is 4. The van der Waals surface area contributed by atoms with Gasteiger partial charge in [-0.05, 0) is 114 Å². The average Bonchev–Trinajstić information content (AvgIpc) is 3.73. The maximum atomic E-state index is 12.9. The second-order valence-electron chi connectivity index (χ2n) is 12.8. The Labute approximate surface area is 301 Å². The molecular weight excluding hydrogens is 664 g/mol. The van der Waals surface area contributed by atoms with Crippen molar-refractivity contribution in [3.63, 3.8) is 0 Å². The highest BCUT2D eigenvalue weighted by Gasteiger charge is 2.50. The summed E-state index contributed by atoms with van der Waals surface area (Å²) in [6, 6.07) is 21.8. The topological polar surface area (TPSA) is 153 Å². The van der Waals surface area contributed by atoms with Gasteiger partial charge in [-0.15, -0.1) is 0 Å². The molecule has 0 amide bonds. The van der Waals surface area contributed by atoms with E-state index in [1.54, 1.807) is 49.1 Å². The maximum Gasteiger partial charge on any atom is 0.338 e. The Morgan fingerprint density at radius 2 is 1.08 bits per heavy atom. The number of carbonyl (C=O) groups excluding carboxylic acids is 1.